The number of rotatable bonds is 10. The molecule has 0 spiro atoms. The van der Waals surface area contributed by atoms with Crippen molar-refractivity contribution >= 4 is 5.91 Å². The molecule has 0 radical (unpaired) electrons. The zero-order valence-corrected chi connectivity index (χ0v) is 17.6. The van der Waals surface area contributed by atoms with Gasteiger partial charge in [0, 0.05) is 18.4 Å². The van der Waals surface area contributed by atoms with Crippen LogP contribution in [0.1, 0.15) is 37.6 Å². The zero-order valence-electron chi connectivity index (χ0n) is 17.6. The number of nitrogens with one attached hydrogen (secondary N) is 1. The average Bonchev–Trinajstić information content (AvgIpc) is 3.24. The molecule has 2 aromatic carbocycles. The fraction of sp³-hybridized carbons (Fsp3) is 0.348. The minimum atomic E-state index is -0.0975. The van der Waals surface area contributed by atoms with E-state index in [0.717, 1.165) is 5.56 Å². The molecule has 1 amide bonds. The molecule has 0 bridgehead atoms. The Labute approximate surface area is 176 Å². The van der Waals surface area contributed by atoms with E-state index in [2.05, 4.69) is 41.4 Å². The van der Waals surface area contributed by atoms with Crippen LogP contribution in [-0.4, -0.2) is 36.3 Å². The summed E-state index contributed by atoms with van der Waals surface area (Å²) in [5, 5.41) is 6.84. The van der Waals surface area contributed by atoms with E-state index in [1.807, 2.05) is 36.4 Å². The minimum absolute atomic E-state index is 0.0975. The van der Waals surface area contributed by atoms with Crippen molar-refractivity contribution in [2.24, 2.45) is 0 Å². The Kier molecular flexibility index (Phi) is 7.43. The molecule has 0 saturated carbocycles. The standard InChI is InChI=1S/C23H27N3O4/c1-16(2)17-8-10-18(11-9-17)23-25-22(30-26-23)13-12-21(27)24-14-15-29-20-7-5-4-6-19(20)28-3/h4-11,16H,12-15H2,1-3H3,(H,24,27). The monoisotopic (exact) mass is 409 g/mol. The van der Waals surface area contributed by atoms with Crippen LogP contribution in [0.15, 0.2) is 53.1 Å². The van der Waals surface area contributed by atoms with Crippen LogP contribution in [0.3, 0.4) is 0 Å². The van der Waals surface area contributed by atoms with Gasteiger partial charge in [-0.1, -0.05) is 55.4 Å². The Bertz CT molecular complexity index is 951. The van der Waals surface area contributed by atoms with Gasteiger partial charge in [-0.3, -0.25) is 4.79 Å². The molecule has 3 aromatic rings. The highest BCUT2D eigenvalue weighted by molar-refractivity contribution is 5.76. The Morgan fingerprint density at radius 3 is 2.53 bits per heavy atom. The second-order valence-electron chi connectivity index (χ2n) is 7.14. The first-order chi connectivity index (χ1) is 14.6. The number of aromatic nitrogens is 2. The van der Waals surface area contributed by atoms with Crippen LogP contribution in [0.5, 0.6) is 11.5 Å². The topological polar surface area (TPSA) is 86.5 Å². The lowest BCUT2D eigenvalue weighted by Gasteiger charge is -2.10. The highest BCUT2D eigenvalue weighted by Gasteiger charge is 2.11. The first-order valence-electron chi connectivity index (χ1n) is 10.0. The van der Waals surface area contributed by atoms with Gasteiger partial charge < -0.3 is 19.3 Å². The van der Waals surface area contributed by atoms with Crippen LogP contribution in [-0.2, 0) is 11.2 Å². The summed E-state index contributed by atoms with van der Waals surface area (Å²) < 4.78 is 16.1. The summed E-state index contributed by atoms with van der Waals surface area (Å²) in [6.45, 7) is 5.05. The summed E-state index contributed by atoms with van der Waals surface area (Å²) >= 11 is 0. The Balaban J connectivity index is 1.41. The van der Waals surface area contributed by atoms with Crippen molar-refractivity contribution in [1.29, 1.82) is 0 Å². The number of para-hydroxylation sites is 2. The lowest BCUT2D eigenvalue weighted by Crippen LogP contribution is -2.28. The van der Waals surface area contributed by atoms with E-state index in [1.54, 1.807) is 7.11 Å². The van der Waals surface area contributed by atoms with Gasteiger partial charge in [0.2, 0.25) is 17.6 Å². The average molecular weight is 409 g/mol. The summed E-state index contributed by atoms with van der Waals surface area (Å²) in [5.41, 5.74) is 2.15. The molecule has 0 aliphatic rings. The molecule has 1 heterocycles. The first kappa shape index (κ1) is 21.4. The van der Waals surface area contributed by atoms with Gasteiger partial charge >= 0.3 is 0 Å². The fourth-order valence-electron chi connectivity index (χ4n) is 2.89. The van der Waals surface area contributed by atoms with E-state index in [0.29, 0.717) is 48.7 Å². The summed E-state index contributed by atoms with van der Waals surface area (Å²) in [5.74, 6) is 2.66. The third-order valence-electron chi connectivity index (χ3n) is 4.62. The number of hydrogen-bond donors (Lipinski definition) is 1. The molecule has 1 aromatic heterocycles. The highest BCUT2D eigenvalue weighted by atomic mass is 16.5. The van der Waals surface area contributed by atoms with Gasteiger partial charge in [0.25, 0.3) is 0 Å². The fourth-order valence-corrected chi connectivity index (χ4v) is 2.89. The van der Waals surface area contributed by atoms with Gasteiger partial charge in [-0.2, -0.15) is 4.98 Å². The van der Waals surface area contributed by atoms with Crippen LogP contribution in [0.2, 0.25) is 0 Å². The molecule has 0 aliphatic carbocycles. The number of nitrogens with zero attached hydrogens (tertiary/aromatic N) is 2. The van der Waals surface area contributed by atoms with Gasteiger partial charge in [0.15, 0.2) is 11.5 Å². The van der Waals surface area contributed by atoms with E-state index in [1.165, 1.54) is 5.56 Å². The largest absolute Gasteiger partial charge is 0.493 e. The molecule has 0 atom stereocenters. The smallest absolute Gasteiger partial charge is 0.227 e. The number of amides is 1. The van der Waals surface area contributed by atoms with Crippen LogP contribution in [0, 0.1) is 0 Å². The van der Waals surface area contributed by atoms with Crippen molar-refractivity contribution < 1.29 is 18.8 Å². The molecular weight excluding hydrogens is 382 g/mol. The Hall–Kier alpha value is -3.35. The molecule has 3 rings (SSSR count). The van der Waals surface area contributed by atoms with E-state index >= 15 is 0 Å². The van der Waals surface area contributed by atoms with Gasteiger partial charge in [-0.25, -0.2) is 0 Å². The third kappa shape index (κ3) is 5.83. The Morgan fingerprint density at radius 2 is 1.83 bits per heavy atom. The Morgan fingerprint density at radius 1 is 1.10 bits per heavy atom. The molecule has 0 fully saturated rings. The molecule has 30 heavy (non-hydrogen) atoms. The molecule has 7 nitrogen and oxygen atoms in total. The van der Waals surface area contributed by atoms with Crippen molar-refractivity contribution in [1.82, 2.24) is 15.5 Å². The number of ether oxygens (including phenoxy) is 2. The number of aryl methyl sites for hydroxylation is 1. The van der Waals surface area contributed by atoms with Gasteiger partial charge in [-0.15, -0.1) is 0 Å². The van der Waals surface area contributed by atoms with E-state index in [-0.39, 0.29) is 12.3 Å². The van der Waals surface area contributed by atoms with Gasteiger partial charge in [-0.05, 0) is 23.6 Å². The van der Waals surface area contributed by atoms with Crippen LogP contribution < -0.4 is 14.8 Å². The number of carbonyl (C=O) groups excluding carboxylic acids is 1. The summed E-state index contributed by atoms with van der Waals surface area (Å²) in [7, 11) is 1.59. The van der Waals surface area contributed by atoms with Crippen molar-refractivity contribution in [3.8, 4) is 22.9 Å². The first-order valence-corrected chi connectivity index (χ1v) is 10.0. The number of benzene rings is 2. The van der Waals surface area contributed by atoms with Crippen molar-refractivity contribution in [2.75, 3.05) is 20.3 Å². The van der Waals surface area contributed by atoms with Gasteiger partial charge in [0.1, 0.15) is 6.61 Å². The van der Waals surface area contributed by atoms with E-state index < -0.39 is 0 Å². The molecule has 1 N–H and O–H groups in total. The quantitative estimate of drug-likeness (QED) is 0.510. The predicted molar refractivity (Wildman–Crippen MR) is 114 cm³/mol. The zero-order chi connectivity index (χ0) is 21.3. The van der Waals surface area contributed by atoms with Crippen LogP contribution in [0.4, 0.5) is 0 Å². The van der Waals surface area contributed by atoms with E-state index in [9.17, 15) is 4.79 Å². The summed E-state index contributed by atoms with van der Waals surface area (Å²) in [4.78, 5) is 16.4. The van der Waals surface area contributed by atoms with Gasteiger partial charge in [0.05, 0.1) is 13.7 Å². The second-order valence-corrected chi connectivity index (χ2v) is 7.14. The molecule has 0 aliphatic heterocycles. The molecule has 0 unspecified atom stereocenters. The maximum absolute atomic E-state index is 12.0. The highest BCUT2D eigenvalue weighted by Crippen LogP contribution is 2.25. The SMILES string of the molecule is COc1ccccc1OCCNC(=O)CCc1nc(-c2ccc(C(C)C)cc2)no1. The second kappa shape index (κ2) is 10.4. The molecular formula is C23H27N3O4. The molecule has 158 valence electrons. The molecule has 0 saturated heterocycles. The number of hydrogen-bond acceptors (Lipinski definition) is 6. The third-order valence-corrected chi connectivity index (χ3v) is 4.62. The van der Waals surface area contributed by atoms with E-state index in [4.69, 9.17) is 14.0 Å². The maximum atomic E-state index is 12.0. The predicted octanol–water partition coefficient (Wildman–Crippen LogP) is 4.00. The van der Waals surface area contributed by atoms with Crippen molar-refractivity contribution in [2.45, 2.75) is 32.6 Å². The summed E-state index contributed by atoms with van der Waals surface area (Å²) in [6, 6.07) is 15.5. The normalized spacial score (nSPS) is 10.8. The van der Waals surface area contributed by atoms with Crippen molar-refractivity contribution in [3.05, 3.63) is 60.0 Å². The number of methoxy groups -OCH3 is 1. The maximum Gasteiger partial charge on any atom is 0.227 e. The lowest BCUT2D eigenvalue weighted by molar-refractivity contribution is -0.121. The number of carbonyl (C=O) groups is 1. The summed E-state index contributed by atoms with van der Waals surface area (Å²) in [6.07, 6.45) is 0.652. The van der Waals surface area contributed by atoms with Crippen LogP contribution >= 0.6 is 0 Å². The van der Waals surface area contributed by atoms with Crippen molar-refractivity contribution in [3.63, 3.8) is 0 Å². The van der Waals surface area contributed by atoms with Crippen LogP contribution in [0.25, 0.3) is 11.4 Å². The minimum Gasteiger partial charge on any atom is -0.493 e. The molecule has 7 heteroatoms. The lowest BCUT2D eigenvalue weighted by atomic mass is 10.0.